The first-order chi connectivity index (χ1) is 7.19. The third kappa shape index (κ3) is 3.50. The summed E-state index contributed by atoms with van der Waals surface area (Å²) in [5.74, 6) is 0. The van der Waals surface area contributed by atoms with Crippen LogP contribution in [0.3, 0.4) is 0 Å². The van der Waals surface area contributed by atoms with Crippen molar-refractivity contribution >= 4 is 23.2 Å². The highest BCUT2D eigenvalue weighted by Gasteiger charge is 2.11. The number of nitrogens with one attached hydrogen (secondary N) is 1. The molecular formula is C11H14Cl2N2. The van der Waals surface area contributed by atoms with Crippen molar-refractivity contribution in [3.63, 3.8) is 0 Å². The molecule has 0 fully saturated rings. The average Bonchev–Trinajstić information content (AvgIpc) is 2.21. The molecule has 0 spiro atoms. The fourth-order valence-electron chi connectivity index (χ4n) is 1.33. The van der Waals surface area contributed by atoms with Crippen molar-refractivity contribution in [2.24, 2.45) is 5.73 Å². The lowest BCUT2D eigenvalue weighted by Gasteiger charge is -2.17. The summed E-state index contributed by atoms with van der Waals surface area (Å²) in [4.78, 5) is 0. The SMILES string of the molecule is C=CCNC(CN)c1ccc(Cl)cc1Cl. The van der Waals surface area contributed by atoms with Crippen molar-refractivity contribution in [1.82, 2.24) is 5.32 Å². The van der Waals surface area contributed by atoms with Crippen LogP contribution in [0.4, 0.5) is 0 Å². The molecule has 15 heavy (non-hydrogen) atoms. The van der Waals surface area contributed by atoms with E-state index in [0.29, 0.717) is 23.1 Å². The van der Waals surface area contributed by atoms with Crippen LogP contribution in [-0.2, 0) is 0 Å². The van der Waals surface area contributed by atoms with E-state index in [9.17, 15) is 0 Å². The second kappa shape index (κ2) is 6.13. The van der Waals surface area contributed by atoms with Crippen LogP contribution >= 0.6 is 23.2 Å². The molecule has 1 atom stereocenters. The third-order valence-corrected chi connectivity index (χ3v) is 2.64. The van der Waals surface area contributed by atoms with Crippen LogP contribution in [0.2, 0.25) is 10.0 Å². The second-order valence-electron chi connectivity index (χ2n) is 3.15. The van der Waals surface area contributed by atoms with E-state index in [-0.39, 0.29) is 6.04 Å². The molecule has 0 aliphatic heterocycles. The van der Waals surface area contributed by atoms with E-state index in [4.69, 9.17) is 28.9 Å². The topological polar surface area (TPSA) is 38.0 Å². The molecule has 0 aliphatic rings. The van der Waals surface area contributed by atoms with Gasteiger partial charge in [0.2, 0.25) is 0 Å². The Labute approximate surface area is 100 Å². The number of rotatable bonds is 5. The van der Waals surface area contributed by atoms with E-state index in [2.05, 4.69) is 11.9 Å². The number of benzene rings is 1. The van der Waals surface area contributed by atoms with Crippen molar-refractivity contribution in [2.45, 2.75) is 6.04 Å². The summed E-state index contributed by atoms with van der Waals surface area (Å²) >= 11 is 11.9. The van der Waals surface area contributed by atoms with Crippen LogP contribution in [0.25, 0.3) is 0 Å². The average molecular weight is 245 g/mol. The van der Waals surface area contributed by atoms with Crippen LogP contribution in [0.1, 0.15) is 11.6 Å². The standard InChI is InChI=1S/C11H14Cl2N2/c1-2-5-15-11(7-14)9-4-3-8(12)6-10(9)13/h2-4,6,11,15H,1,5,7,14H2. The minimum absolute atomic E-state index is 0.0350. The molecule has 0 heterocycles. The molecule has 1 unspecified atom stereocenters. The fourth-order valence-corrected chi connectivity index (χ4v) is 1.87. The van der Waals surface area contributed by atoms with Gasteiger partial charge >= 0.3 is 0 Å². The molecule has 1 rings (SSSR count). The molecule has 1 aromatic rings. The Bertz CT molecular complexity index is 339. The van der Waals surface area contributed by atoms with Gasteiger partial charge in [0.15, 0.2) is 0 Å². The maximum atomic E-state index is 6.08. The molecule has 0 aromatic heterocycles. The quantitative estimate of drug-likeness (QED) is 0.783. The summed E-state index contributed by atoms with van der Waals surface area (Å²) in [5.41, 5.74) is 6.63. The van der Waals surface area contributed by atoms with E-state index in [1.807, 2.05) is 6.07 Å². The Morgan fingerprint density at radius 3 is 2.73 bits per heavy atom. The largest absolute Gasteiger partial charge is 0.329 e. The summed E-state index contributed by atoms with van der Waals surface area (Å²) in [7, 11) is 0. The number of nitrogens with two attached hydrogens (primary N) is 1. The van der Waals surface area contributed by atoms with Gasteiger partial charge in [-0.05, 0) is 17.7 Å². The van der Waals surface area contributed by atoms with Crippen LogP contribution < -0.4 is 11.1 Å². The normalized spacial score (nSPS) is 12.5. The van der Waals surface area contributed by atoms with E-state index in [1.54, 1.807) is 18.2 Å². The molecule has 82 valence electrons. The summed E-state index contributed by atoms with van der Waals surface area (Å²) in [6, 6.07) is 5.45. The number of hydrogen-bond acceptors (Lipinski definition) is 2. The van der Waals surface area contributed by atoms with E-state index in [1.165, 1.54) is 0 Å². The molecule has 0 saturated heterocycles. The minimum atomic E-state index is 0.0350. The van der Waals surface area contributed by atoms with Crippen molar-refractivity contribution in [3.05, 3.63) is 46.5 Å². The van der Waals surface area contributed by atoms with Gasteiger partial charge in [0.1, 0.15) is 0 Å². The highest BCUT2D eigenvalue weighted by atomic mass is 35.5. The molecule has 0 aliphatic carbocycles. The van der Waals surface area contributed by atoms with Crippen LogP contribution in [0.5, 0.6) is 0 Å². The van der Waals surface area contributed by atoms with Gasteiger partial charge in [0, 0.05) is 29.2 Å². The molecule has 0 radical (unpaired) electrons. The van der Waals surface area contributed by atoms with Crippen LogP contribution in [0, 0.1) is 0 Å². The number of hydrogen-bond donors (Lipinski definition) is 2. The minimum Gasteiger partial charge on any atom is -0.329 e. The van der Waals surface area contributed by atoms with Crippen molar-refractivity contribution < 1.29 is 0 Å². The second-order valence-corrected chi connectivity index (χ2v) is 3.99. The molecular weight excluding hydrogens is 231 g/mol. The lowest BCUT2D eigenvalue weighted by molar-refractivity contribution is 0.578. The van der Waals surface area contributed by atoms with Crippen LogP contribution in [0.15, 0.2) is 30.9 Å². The van der Waals surface area contributed by atoms with Crippen LogP contribution in [-0.4, -0.2) is 13.1 Å². The van der Waals surface area contributed by atoms with Crippen molar-refractivity contribution in [2.75, 3.05) is 13.1 Å². The highest BCUT2D eigenvalue weighted by Crippen LogP contribution is 2.25. The zero-order valence-corrected chi connectivity index (χ0v) is 9.85. The van der Waals surface area contributed by atoms with Crippen molar-refractivity contribution in [3.8, 4) is 0 Å². The monoisotopic (exact) mass is 244 g/mol. The highest BCUT2D eigenvalue weighted by molar-refractivity contribution is 6.35. The zero-order valence-electron chi connectivity index (χ0n) is 8.34. The van der Waals surface area contributed by atoms with Gasteiger partial charge in [-0.15, -0.1) is 6.58 Å². The first-order valence-electron chi connectivity index (χ1n) is 4.68. The Morgan fingerprint density at radius 1 is 1.47 bits per heavy atom. The maximum Gasteiger partial charge on any atom is 0.0469 e. The lowest BCUT2D eigenvalue weighted by atomic mass is 10.1. The molecule has 3 N–H and O–H groups in total. The third-order valence-electron chi connectivity index (χ3n) is 2.08. The summed E-state index contributed by atoms with van der Waals surface area (Å²) < 4.78 is 0. The maximum absolute atomic E-state index is 6.08. The summed E-state index contributed by atoms with van der Waals surface area (Å²) in [6.45, 7) is 4.82. The van der Waals surface area contributed by atoms with Gasteiger partial charge < -0.3 is 11.1 Å². The zero-order chi connectivity index (χ0) is 11.3. The van der Waals surface area contributed by atoms with Gasteiger partial charge in [-0.3, -0.25) is 0 Å². The Balaban J connectivity index is 2.86. The Hall–Kier alpha value is -0.540. The molecule has 4 heteroatoms. The Morgan fingerprint density at radius 2 is 2.20 bits per heavy atom. The smallest absolute Gasteiger partial charge is 0.0469 e. The first-order valence-corrected chi connectivity index (χ1v) is 5.44. The number of halogens is 2. The molecule has 0 saturated carbocycles. The van der Waals surface area contributed by atoms with E-state index < -0.39 is 0 Å². The summed E-state index contributed by atoms with van der Waals surface area (Å²) in [6.07, 6.45) is 1.78. The molecule has 2 nitrogen and oxygen atoms in total. The van der Waals surface area contributed by atoms with Gasteiger partial charge in [-0.2, -0.15) is 0 Å². The summed E-state index contributed by atoms with van der Waals surface area (Å²) in [5, 5.41) is 4.49. The predicted molar refractivity (Wildman–Crippen MR) is 66.5 cm³/mol. The van der Waals surface area contributed by atoms with Gasteiger partial charge in [0.05, 0.1) is 0 Å². The molecule has 1 aromatic carbocycles. The molecule has 0 amide bonds. The van der Waals surface area contributed by atoms with Gasteiger partial charge in [-0.25, -0.2) is 0 Å². The van der Waals surface area contributed by atoms with E-state index >= 15 is 0 Å². The predicted octanol–water partition coefficient (Wildman–Crippen LogP) is 2.77. The first kappa shape index (κ1) is 12.5. The lowest BCUT2D eigenvalue weighted by Crippen LogP contribution is -2.28. The Kier molecular flexibility index (Phi) is 5.12. The fraction of sp³-hybridized carbons (Fsp3) is 0.273. The van der Waals surface area contributed by atoms with Gasteiger partial charge in [0.25, 0.3) is 0 Å². The van der Waals surface area contributed by atoms with Gasteiger partial charge in [-0.1, -0.05) is 35.3 Å². The van der Waals surface area contributed by atoms with E-state index in [0.717, 1.165) is 5.56 Å². The molecule has 0 bridgehead atoms. The van der Waals surface area contributed by atoms with Crippen molar-refractivity contribution in [1.29, 1.82) is 0 Å².